The van der Waals surface area contributed by atoms with Gasteiger partial charge >= 0.3 is 5.69 Å². The fourth-order valence-corrected chi connectivity index (χ4v) is 12.1. The molecule has 0 bridgehead atoms. The second kappa shape index (κ2) is 16.1. The van der Waals surface area contributed by atoms with Crippen LogP contribution in [0, 0.1) is 29.5 Å². The summed E-state index contributed by atoms with van der Waals surface area (Å²) in [6.07, 6.45) is 1.77. The molecule has 3 heterocycles. The molecular formula is C42H45FN6O6SSi. The molecule has 1 N–H and O–H groups in total. The number of aromatic nitrogens is 5. The normalized spacial score (nSPS) is 13.3. The SMILES string of the molecule is COc1ccc(F)cc1[C@H](Cn1c(=O)n(C(C)C(=O)CC(C)(C)[Si](O)(c2ccccc2)c2ccccc2)c(=O)c2c(C)c(-n3nccn3)sc21)OCC(C)(C)C#N. The highest BCUT2D eigenvalue weighted by atomic mass is 32.1. The van der Waals surface area contributed by atoms with Crippen LogP contribution in [0.2, 0.25) is 5.04 Å². The molecule has 3 aromatic carbocycles. The van der Waals surface area contributed by atoms with E-state index in [9.17, 15) is 28.8 Å². The maximum absolute atomic E-state index is 14.9. The molecule has 6 rings (SSSR count). The molecule has 0 saturated heterocycles. The Morgan fingerprint density at radius 1 is 1.00 bits per heavy atom. The molecule has 2 atom stereocenters. The third kappa shape index (κ3) is 7.78. The van der Waals surface area contributed by atoms with Crippen molar-refractivity contribution in [1.82, 2.24) is 24.1 Å². The van der Waals surface area contributed by atoms with E-state index in [4.69, 9.17) is 9.47 Å². The predicted octanol–water partition coefficient (Wildman–Crippen LogP) is 5.62. The zero-order chi connectivity index (χ0) is 41.3. The summed E-state index contributed by atoms with van der Waals surface area (Å²) in [6, 6.07) is 23.4. The Labute approximate surface area is 334 Å². The van der Waals surface area contributed by atoms with Gasteiger partial charge in [0.2, 0.25) is 0 Å². The number of aryl methyl sites for hydroxylation is 1. The number of carbonyl (C=O) groups is 1. The minimum Gasteiger partial charge on any atom is -0.496 e. The number of thiophene rings is 1. The summed E-state index contributed by atoms with van der Waals surface area (Å²) in [5.74, 6) is -0.714. The first-order valence-electron chi connectivity index (χ1n) is 18.4. The van der Waals surface area contributed by atoms with Crippen molar-refractivity contribution in [3.8, 4) is 16.8 Å². The molecule has 0 aliphatic heterocycles. The Morgan fingerprint density at radius 2 is 1.60 bits per heavy atom. The molecule has 296 valence electrons. The van der Waals surface area contributed by atoms with Crippen molar-refractivity contribution in [2.75, 3.05) is 13.7 Å². The molecule has 0 radical (unpaired) electrons. The van der Waals surface area contributed by atoms with Gasteiger partial charge in [-0.25, -0.2) is 13.8 Å². The number of benzene rings is 3. The van der Waals surface area contributed by atoms with Crippen molar-refractivity contribution in [3.63, 3.8) is 0 Å². The fourth-order valence-electron chi connectivity index (χ4n) is 7.23. The van der Waals surface area contributed by atoms with Crippen LogP contribution in [0.1, 0.15) is 64.3 Å². The first-order valence-corrected chi connectivity index (χ1v) is 21.2. The molecule has 0 saturated carbocycles. The zero-order valence-electron chi connectivity index (χ0n) is 32.9. The molecule has 0 fully saturated rings. The van der Waals surface area contributed by atoms with Crippen molar-refractivity contribution >= 4 is 46.0 Å². The molecule has 57 heavy (non-hydrogen) atoms. The van der Waals surface area contributed by atoms with Crippen LogP contribution in [-0.2, 0) is 16.1 Å². The number of hydrogen-bond donors (Lipinski definition) is 1. The Morgan fingerprint density at radius 3 is 2.16 bits per heavy atom. The van der Waals surface area contributed by atoms with Gasteiger partial charge in [0.15, 0.2) is 5.78 Å². The molecule has 0 spiro atoms. The van der Waals surface area contributed by atoms with E-state index in [1.807, 2.05) is 74.5 Å². The van der Waals surface area contributed by atoms with E-state index in [2.05, 4.69) is 16.3 Å². The van der Waals surface area contributed by atoms with E-state index >= 15 is 0 Å². The molecule has 0 amide bonds. The number of nitriles is 1. The first kappa shape index (κ1) is 41.1. The number of rotatable bonds is 15. The Kier molecular flexibility index (Phi) is 11.6. The maximum atomic E-state index is 14.9. The van der Waals surface area contributed by atoms with Gasteiger partial charge in [0.1, 0.15) is 27.5 Å². The average Bonchev–Trinajstić information content (AvgIpc) is 3.86. The van der Waals surface area contributed by atoms with Crippen molar-refractivity contribution in [1.29, 1.82) is 5.26 Å². The van der Waals surface area contributed by atoms with Gasteiger partial charge < -0.3 is 14.3 Å². The summed E-state index contributed by atoms with van der Waals surface area (Å²) in [4.78, 5) is 58.5. The number of fused-ring (bicyclic) bond motifs is 1. The van der Waals surface area contributed by atoms with E-state index < -0.39 is 53.8 Å². The second-order valence-corrected chi connectivity index (χ2v) is 20.3. The molecule has 12 nitrogen and oxygen atoms in total. The quantitative estimate of drug-likeness (QED) is 0.130. The predicted molar refractivity (Wildman–Crippen MR) is 220 cm³/mol. The third-order valence-electron chi connectivity index (χ3n) is 10.5. The standard InChI is InChI=1S/C42H45FN6O6SSi/c1-27-36-37(51)48(28(2)33(50)23-42(5,6)57(53,30-14-10-8-11-15-30)31-16-12-9-13-17-31)40(52)47(39(36)56-38(27)49-45-20-21-46-49)24-35(55-26-41(3,4)25-44)32-22-29(43)18-19-34(32)54-7/h8-22,28,35,53H,23-24,26H2,1-7H3/t28?,35-/m0/s1. The number of ketones is 1. The Balaban J connectivity index is 1.51. The molecular weight excluding hydrogens is 764 g/mol. The van der Waals surface area contributed by atoms with Gasteiger partial charge in [0.05, 0.1) is 55.6 Å². The molecule has 6 aromatic rings. The van der Waals surface area contributed by atoms with Gasteiger partial charge in [0, 0.05) is 17.5 Å². The second-order valence-electron chi connectivity index (χ2n) is 15.4. The van der Waals surface area contributed by atoms with Crippen LogP contribution in [0.15, 0.2) is 101 Å². The van der Waals surface area contributed by atoms with Gasteiger partial charge in [-0.1, -0.05) is 85.8 Å². The van der Waals surface area contributed by atoms with E-state index in [1.165, 1.54) is 54.0 Å². The largest absolute Gasteiger partial charge is 0.496 e. The van der Waals surface area contributed by atoms with Gasteiger partial charge in [-0.05, 0) is 61.3 Å². The zero-order valence-corrected chi connectivity index (χ0v) is 34.7. The minimum absolute atomic E-state index is 0.0864. The number of methoxy groups -OCH3 is 1. The van der Waals surface area contributed by atoms with Crippen molar-refractivity contribution in [3.05, 3.63) is 129 Å². The van der Waals surface area contributed by atoms with Crippen LogP contribution in [0.25, 0.3) is 15.2 Å². The summed E-state index contributed by atoms with van der Waals surface area (Å²) in [7, 11) is -2.22. The number of carbonyl (C=O) groups excluding carboxylic acids is 1. The van der Waals surface area contributed by atoms with Crippen molar-refractivity contribution in [2.24, 2.45) is 5.41 Å². The van der Waals surface area contributed by atoms with Gasteiger partial charge in [-0.3, -0.25) is 14.2 Å². The summed E-state index contributed by atoms with van der Waals surface area (Å²) in [5.41, 5.74) is -1.66. The van der Waals surface area contributed by atoms with Crippen LogP contribution < -0.4 is 26.4 Å². The maximum Gasteiger partial charge on any atom is 0.332 e. The fraction of sp³-hybridized carbons (Fsp3) is 0.333. The Hall–Kier alpha value is -5.53. The lowest BCUT2D eigenvalue weighted by Crippen LogP contribution is -2.65. The number of Topliss-reactive ketones (excluding diaryl/α,β-unsaturated/α-hetero) is 1. The highest BCUT2D eigenvalue weighted by Crippen LogP contribution is 2.40. The van der Waals surface area contributed by atoms with E-state index in [1.54, 1.807) is 20.8 Å². The Bertz CT molecular complexity index is 2520. The topological polar surface area (TPSA) is 154 Å². The highest BCUT2D eigenvalue weighted by Gasteiger charge is 2.51. The lowest BCUT2D eigenvalue weighted by molar-refractivity contribution is -0.122. The van der Waals surface area contributed by atoms with Crippen LogP contribution in [0.4, 0.5) is 4.39 Å². The number of hydrogen-bond acceptors (Lipinski definition) is 10. The van der Waals surface area contributed by atoms with Crippen LogP contribution in [0.3, 0.4) is 0 Å². The summed E-state index contributed by atoms with van der Waals surface area (Å²) in [6.45, 7) is 9.98. The van der Waals surface area contributed by atoms with Gasteiger partial charge in [0.25, 0.3) is 13.9 Å². The van der Waals surface area contributed by atoms with E-state index in [0.717, 1.165) is 26.3 Å². The lowest BCUT2D eigenvalue weighted by atomic mass is 9.97. The summed E-state index contributed by atoms with van der Waals surface area (Å²) in [5, 5.41) is 19.4. The first-order chi connectivity index (χ1) is 27.0. The van der Waals surface area contributed by atoms with Crippen molar-refractivity contribution < 1.29 is 23.5 Å². The average molecular weight is 809 g/mol. The lowest BCUT2D eigenvalue weighted by Gasteiger charge is -2.41. The molecule has 0 aliphatic carbocycles. The third-order valence-corrected chi connectivity index (χ3v) is 16.2. The van der Waals surface area contributed by atoms with Crippen LogP contribution >= 0.6 is 11.3 Å². The molecule has 1 unspecified atom stereocenters. The number of halogens is 1. The van der Waals surface area contributed by atoms with E-state index in [-0.39, 0.29) is 41.1 Å². The smallest absolute Gasteiger partial charge is 0.332 e. The molecule has 3 aromatic heterocycles. The number of nitrogens with zero attached hydrogens (tertiary/aromatic N) is 6. The summed E-state index contributed by atoms with van der Waals surface area (Å²) < 4.78 is 29.1. The molecule has 15 heteroatoms. The summed E-state index contributed by atoms with van der Waals surface area (Å²) >= 11 is 1.11. The van der Waals surface area contributed by atoms with Crippen LogP contribution in [-0.4, -0.2) is 56.7 Å². The van der Waals surface area contributed by atoms with Crippen molar-refractivity contribution in [2.45, 2.75) is 71.7 Å². The van der Waals surface area contributed by atoms with Gasteiger partial charge in [-0.15, -0.1) is 4.80 Å². The minimum atomic E-state index is -3.65. The van der Waals surface area contributed by atoms with Crippen LogP contribution in [0.5, 0.6) is 5.75 Å². The van der Waals surface area contributed by atoms with E-state index in [0.29, 0.717) is 10.6 Å². The monoisotopic (exact) mass is 808 g/mol. The highest BCUT2D eigenvalue weighted by molar-refractivity contribution is 7.21. The molecule has 0 aliphatic rings. The number of ether oxygens (including phenoxy) is 2. The van der Waals surface area contributed by atoms with Gasteiger partial charge in [-0.2, -0.15) is 15.5 Å².